The van der Waals surface area contributed by atoms with Crippen molar-refractivity contribution in [2.45, 2.75) is 58.8 Å². The van der Waals surface area contributed by atoms with Gasteiger partial charge in [-0.05, 0) is 19.8 Å². The van der Waals surface area contributed by atoms with E-state index in [2.05, 4.69) is 11.7 Å². The normalized spacial score (nSPS) is 11.4. The molecule has 0 rings (SSSR count). The van der Waals surface area contributed by atoms with Gasteiger partial charge in [-0.2, -0.15) is 0 Å². The molecule has 3 nitrogen and oxygen atoms in total. The second kappa shape index (κ2) is 11.3. The lowest BCUT2D eigenvalue weighted by molar-refractivity contribution is -0.151. The van der Waals surface area contributed by atoms with Gasteiger partial charge in [0.2, 0.25) is 0 Å². The minimum atomic E-state index is -0.835. The highest BCUT2D eigenvalue weighted by Gasteiger charge is 2.12. The summed E-state index contributed by atoms with van der Waals surface area (Å²) in [5, 5.41) is 0.434. The van der Waals surface area contributed by atoms with Gasteiger partial charge >= 0.3 is 5.97 Å². The number of ether oxygens (including phenoxy) is 1. The van der Waals surface area contributed by atoms with E-state index in [0.717, 1.165) is 12.8 Å². The van der Waals surface area contributed by atoms with Crippen molar-refractivity contribution in [1.29, 1.82) is 0 Å². The molecule has 0 aromatic heterocycles. The van der Waals surface area contributed by atoms with Crippen molar-refractivity contribution in [1.82, 2.24) is 0 Å². The molecule has 18 heavy (non-hydrogen) atoms. The van der Waals surface area contributed by atoms with Crippen LogP contribution in [0.3, 0.4) is 0 Å². The van der Waals surface area contributed by atoms with Crippen molar-refractivity contribution in [3.8, 4) is 0 Å². The third-order valence-corrected chi connectivity index (χ3v) is 2.83. The summed E-state index contributed by atoms with van der Waals surface area (Å²) in [5.74, 6) is -1.51. The maximum absolute atomic E-state index is 11.3. The number of ketones is 1. The average molecular weight is 275 g/mol. The zero-order valence-electron chi connectivity index (χ0n) is 11.3. The molecule has 0 fully saturated rings. The van der Waals surface area contributed by atoms with Gasteiger partial charge in [-0.3, -0.25) is 4.79 Å². The number of esters is 1. The van der Waals surface area contributed by atoms with Crippen LogP contribution in [0.5, 0.6) is 0 Å². The van der Waals surface area contributed by atoms with Gasteiger partial charge in [0, 0.05) is 11.1 Å². The smallest absolute Gasteiger partial charge is 0.379 e. The summed E-state index contributed by atoms with van der Waals surface area (Å²) in [5.41, 5.74) is 0. The zero-order chi connectivity index (χ0) is 13.8. The molecule has 0 aromatic rings. The Kier molecular flexibility index (Phi) is 10.8. The summed E-state index contributed by atoms with van der Waals surface area (Å²) < 4.78 is 4.58. The van der Waals surface area contributed by atoms with Crippen molar-refractivity contribution >= 4 is 23.4 Å². The second-order valence-electron chi connectivity index (χ2n) is 4.19. The Labute approximate surface area is 115 Å². The van der Waals surface area contributed by atoms with E-state index >= 15 is 0 Å². The van der Waals surface area contributed by atoms with Crippen LogP contribution in [0.4, 0.5) is 0 Å². The molecule has 0 heterocycles. The van der Waals surface area contributed by atoms with Gasteiger partial charge in [-0.1, -0.05) is 50.6 Å². The monoisotopic (exact) mass is 274 g/mol. The Morgan fingerprint density at radius 3 is 2.28 bits per heavy atom. The molecule has 0 saturated heterocycles. The maximum atomic E-state index is 11.3. The first-order valence-corrected chi connectivity index (χ1v) is 7.06. The first-order valence-electron chi connectivity index (χ1n) is 6.69. The highest BCUT2D eigenvalue weighted by Crippen LogP contribution is 2.14. The van der Waals surface area contributed by atoms with E-state index in [0.29, 0.717) is 11.5 Å². The molecule has 0 radical (unpaired) electrons. The largest absolute Gasteiger partial charge is 0.460 e. The minimum Gasteiger partial charge on any atom is -0.460 e. The Morgan fingerprint density at radius 2 is 1.67 bits per heavy atom. The fourth-order valence-electron chi connectivity index (χ4n) is 1.55. The molecule has 0 saturated carbocycles. The number of carbonyl (C=O) groups is 2. The van der Waals surface area contributed by atoms with E-state index < -0.39 is 11.8 Å². The van der Waals surface area contributed by atoms with Gasteiger partial charge in [0.15, 0.2) is 0 Å². The van der Waals surface area contributed by atoms with Crippen LogP contribution < -0.4 is 0 Å². The van der Waals surface area contributed by atoms with Crippen LogP contribution in [0.15, 0.2) is 11.1 Å². The van der Waals surface area contributed by atoms with E-state index in [1.807, 2.05) is 0 Å². The number of unbranched alkanes of at least 4 members (excludes halogenated alkanes) is 5. The van der Waals surface area contributed by atoms with Crippen LogP contribution in [-0.4, -0.2) is 18.4 Å². The Balaban J connectivity index is 3.76. The second-order valence-corrected chi connectivity index (χ2v) is 4.68. The average Bonchev–Trinajstić information content (AvgIpc) is 2.33. The van der Waals surface area contributed by atoms with Crippen molar-refractivity contribution in [3.05, 3.63) is 11.1 Å². The van der Waals surface area contributed by atoms with Crippen molar-refractivity contribution in [2.24, 2.45) is 0 Å². The molecule has 0 aliphatic rings. The number of hydrogen-bond donors (Lipinski definition) is 0. The number of halogens is 1. The lowest BCUT2D eigenvalue weighted by Crippen LogP contribution is -2.14. The third kappa shape index (κ3) is 9.23. The van der Waals surface area contributed by atoms with E-state index in [1.165, 1.54) is 31.8 Å². The SMILES string of the molecule is CCCCCCCC/C(Cl)=C/C(=O)C(=O)OCC. The van der Waals surface area contributed by atoms with Crippen LogP contribution in [0.25, 0.3) is 0 Å². The molecule has 0 spiro atoms. The van der Waals surface area contributed by atoms with E-state index in [9.17, 15) is 9.59 Å². The Morgan fingerprint density at radius 1 is 1.06 bits per heavy atom. The topological polar surface area (TPSA) is 43.4 Å². The third-order valence-electron chi connectivity index (χ3n) is 2.53. The molecular weight excluding hydrogens is 252 g/mol. The van der Waals surface area contributed by atoms with Crippen LogP contribution in [0, 0.1) is 0 Å². The molecule has 0 atom stereocenters. The number of allylic oxidation sites excluding steroid dienone is 1. The summed E-state index contributed by atoms with van der Waals surface area (Å²) in [6.45, 7) is 4.04. The summed E-state index contributed by atoms with van der Waals surface area (Å²) in [4.78, 5) is 22.3. The molecule has 0 amide bonds. The molecule has 104 valence electrons. The van der Waals surface area contributed by atoms with Crippen LogP contribution >= 0.6 is 11.6 Å². The number of carbonyl (C=O) groups excluding carboxylic acids is 2. The van der Waals surface area contributed by atoms with Gasteiger partial charge in [0.25, 0.3) is 5.78 Å². The van der Waals surface area contributed by atoms with Gasteiger partial charge in [0.05, 0.1) is 6.61 Å². The standard InChI is InChI=1S/C14H23ClO3/c1-3-5-6-7-8-9-10-12(15)11-13(16)14(17)18-4-2/h11H,3-10H2,1-2H3/b12-11-. The summed E-state index contributed by atoms with van der Waals surface area (Å²) in [6.07, 6.45) is 8.83. The highest BCUT2D eigenvalue weighted by molar-refractivity contribution is 6.41. The van der Waals surface area contributed by atoms with E-state index in [4.69, 9.17) is 11.6 Å². The van der Waals surface area contributed by atoms with Crippen LogP contribution in [0.1, 0.15) is 58.8 Å². The van der Waals surface area contributed by atoms with Crippen molar-refractivity contribution < 1.29 is 14.3 Å². The van der Waals surface area contributed by atoms with Crippen LogP contribution in [-0.2, 0) is 14.3 Å². The fourth-order valence-corrected chi connectivity index (χ4v) is 1.78. The highest BCUT2D eigenvalue weighted by atomic mass is 35.5. The molecule has 0 bridgehead atoms. The summed E-state index contributed by atoms with van der Waals surface area (Å²) in [7, 11) is 0. The van der Waals surface area contributed by atoms with Crippen LogP contribution in [0.2, 0.25) is 0 Å². The fraction of sp³-hybridized carbons (Fsp3) is 0.714. The van der Waals surface area contributed by atoms with Gasteiger partial charge in [0.1, 0.15) is 0 Å². The summed E-state index contributed by atoms with van der Waals surface area (Å²) in [6, 6.07) is 0. The molecule has 4 heteroatoms. The predicted octanol–water partition coefficient (Wildman–Crippen LogP) is 3.99. The number of hydrogen-bond acceptors (Lipinski definition) is 3. The molecule has 0 aliphatic carbocycles. The van der Waals surface area contributed by atoms with Gasteiger partial charge in [-0.25, -0.2) is 4.79 Å². The quantitative estimate of drug-likeness (QED) is 0.262. The molecule has 0 unspecified atom stereocenters. The minimum absolute atomic E-state index is 0.202. The molecule has 0 aliphatic heterocycles. The Hall–Kier alpha value is -0.830. The van der Waals surface area contributed by atoms with Gasteiger partial charge < -0.3 is 4.74 Å². The maximum Gasteiger partial charge on any atom is 0.379 e. The number of rotatable bonds is 10. The molecule has 0 aromatic carbocycles. The van der Waals surface area contributed by atoms with E-state index in [1.54, 1.807) is 6.92 Å². The lowest BCUT2D eigenvalue weighted by Gasteiger charge is -2.01. The van der Waals surface area contributed by atoms with Gasteiger partial charge in [-0.15, -0.1) is 0 Å². The predicted molar refractivity (Wildman–Crippen MR) is 73.6 cm³/mol. The first kappa shape index (κ1) is 17.2. The van der Waals surface area contributed by atoms with Crippen molar-refractivity contribution in [2.75, 3.05) is 6.61 Å². The molecule has 0 N–H and O–H groups in total. The van der Waals surface area contributed by atoms with Crippen molar-refractivity contribution in [3.63, 3.8) is 0 Å². The zero-order valence-corrected chi connectivity index (χ0v) is 12.1. The lowest BCUT2D eigenvalue weighted by atomic mass is 10.1. The molecular formula is C14H23ClO3. The first-order chi connectivity index (χ1) is 8.61. The van der Waals surface area contributed by atoms with E-state index in [-0.39, 0.29) is 6.61 Å². The summed E-state index contributed by atoms with van der Waals surface area (Å²) >= 11 is 5.89. The Bertz CT molecular complexity index is 285.